The summed E-state index contributed by atoms with van der Waals surface area (Å²) in [6, 6.07) is 9.68. The Balaban J connectivity index is 1.80. The molecule has 0 fully saturated rings. The molecule has 0 spiro atoms. The van der Waals surface area contributed by atoms with E-state index in [1.165, 1.54) is 0 Å². The van der Waals surface area contributed by atoms with Gasteiger partial charge in [0.1, 0.15) is 0 Å². The highest BCUT2D eigenvalue weighted by atomic mass is 16.7. The minimum absolute atomic E-state index is 0.228. The zero-order valence-corrected chi connectivity index (χ0v) is 16.8. The molecular weight excluding hydrogens is 370 g/mol. The lowest BCUT2D eigenvalue weighted by Crippen LogP contribution is -2.02. The quantitative estimate of drug-likeness (QED) is 0.527. The molecule has 1 aliphatic rings. The van der Waals surface area contributed by atoms with E-state index in [0.29, 0.717) is 29.6 Å². The largest absolute Gasteiger partial charge is 0.493 e. The normalized spacial score (nSPS) is 12.1. The summed E-state index contributed by atoms with van der Waals surface area (Å²) in [5.41, 5.74) is 2.71. The summed E-state index contributed by atoms with van der Waals surface area (Å²) in [5, 5.41) is 1.97. The third-order valence-corrected chi connectivity index (χ3v) is 4.77. The Morgan fingerprint density at radius 3 is 2.41 bits per heavy atom. The molecule has 3 aromatic rings. The Hall–Kier alpha value is -3.41. The fraction of sp³-hybridized carbons (Fsp3) is 0.261. The van der Waals surface area contributed by atoms with Crippen LogP contribution in [-0.2, 0) is 0 Å². The van der Waals surface area contributed by atoms with Crippen LogP contribution in [0.2, 0.25) is 0 Å². The van der Waals surface area contributed by atoms with Crippen molar-refractivity contribution in [3.63, 3.8) is 0 Å². The first kappa shape index (κ1) is 18.9. The van der Waals surface area contributed by atoms with Crippen molar-refractivity contribution in [2.24, 2.45) is 0 Å². The molecule has 29 heavy (non-hydrogen) atoms. The van der Waals surface area contributed by atoms with Crippen molar-refractivity contribution in [2.45, 2.75) is 13.3 Å². The van der Waals surface area contributed by atoms with Crippen molar-refractivity contribution >= 4 is 10.8 Å². The number of rotatable bonds is 7. The lowest BCUT2D eigenvalue weighted by Gasteiger charge is -2.17. The molecule has 0 saturated carbocycles. The smallest absolute Gasteiger partial charge is 0.231 e. The molecule has 0 saturated heterocycles. The van der Waals surface area contributed by atoms with Gasteiger partial charge >= 0.3 is 0 Å². The van der Waals surface area contributed by atoms with Crippen molar-refractivity contribution < 1.29 is 23.7 Å². The highest BCUT2D eigenvalue weighted by Gasteiger charge is 2.19. The number of benzene rings is 2. The lowest BCUT2D eigenvalue weighted by molar-refractivity contribution is 0.174. The Morgan fingerprint density at radius 2 is 1.76 bits per heavy atom. The molecule has 0 atom stereocenters. The maximum atomic E-state index is 5.93. The summed E-state index contributed by atoms with van der Waals surface area (Å²) in [5.74, 6) is 3.19. The molecule has 1 aliphatic heterocycles. The summed E-state index contributed by atoms with van der Waals surface area (Å²) >= 11 is 0. The van der Waals surface area contributed by atoms with E-state index >= 15 is 0 Å². The van der Waals surface area contributed by atoms with Gasteiger partial charge in [0.2, 0.25) is 12.5 Å². The summed E-state index contributed by atoms with van der Waals surface area (Å²) in [6.07, 6.45) is 2.53. The number of aromatic nitrogens is 1. The van der Waals surface area contributed by atoms with Crippen LogP contribution in [0.3, 0.4) is 0 Å². The molecule has 1 aromatic heterocycles. The molecular formula is C23H23NO5. The van der Waals surface area contributed by atoms with Crippen LogP contribution >= 0.6 is 0 Å². The monoisotopic (exact) mass is 393 g/mol. The van der Waals surface area contributed by atoms with Crippen LogP contribution in [0.15, 0.2) is 48.7 Å². The van der Waals surface area contributed by atoms with Gasteiger partial charge in [-0.05, 0) is 42.6 Å². The molecule has 2 aromatic carbocycles. The van der Waals surface area contributed by atoms with E-state index in [4.69, 9.17) is 23.7 Å². The molecule has 0 N–H and O–H groups in total. The van der Waals surface area contributed by atoms with Crippen LogP contribution in [0, 0.1) is 0 Å². The second kappa shape index (κ2) is 7.91. The number of pyridine rings is 1. The van der Waals surface area contributed by atoms with Gasteiger partial charge in [-0.3, -0.25) is 4.98 Å². The summed E-state index contributed by atoms with van der Waals surface area (Å²) in [4.78, 5) is 4.61. The molecule has 150 valence electrons. The van der Waals surface area contributed by atoms with E-state index in [0.717, 1.165) is 39.8 Å². The van der Waals surface area contributed by atoms with Crippen LogP contribution < -0.4 is 23.7 Å². The predicted molar refractivity (Wildman–Crippen MR) is 111 cm³/mol. The lowest BCUT2D eigenvalue weighted by atomic mass is 10.0. The van der Waals surface area contributed by atoms with Crippen LogP contribution in [-0.4, -0.2) is 32.6 Å². The first-order valence-electron chi connectivity index (χ1n) is 9.32. The van der Waals surface area contributed by atoms with Crippen LogP contribution in [0.1, 0.15) is 13.3 Å². The first-order chi connectivity index (χ1) is 14.1. The molecule has 0 bridgehead atoms. The summed E-state index contributed by atoms with van der Waals surface area (Å²) < 4.78 is 28.2. The fourth-order valence-corrected chi connectivity index (χ4v) is 3.28. The van der Waals surface area contributed by atoms with Crippen LogP contribution in [0.5, 0.6) is 28.7 Å². The molecule has 0 unspecified atom stereocenters. The second-order valence-electron chi connectivity index (χ2n) is 6.85. The van der Waals surface area contributed by atoms with E-state index in [-0.39, 0.29) is 6.79 Å². The predicted octanol–water partition coefficient (Wildman–Crippen LogP) is 4.99. The SMILES string of the molecule is C=C(C)CCOc1c(OC)cc(-c2nccc3cc4c(cc23)OCO4)cc1OC. The number of hydrogen-bond donors (Lipinski definition) is 0. The summed E-state index contributed by atoms with van der Waals surface area (Å²) in [6.45, 7) is 6.61. The maximum Gasteiger partial charge on any atom is 0.231 e. The van der Waals surface area contributed by atoms with Gasteiger partial charge in [-0.2, -0.15) is 0 Å². The first-order valence-corrected chi connectivity index (χ1v) is 9.32. The van der Waals surface area contributed by atoms with Gasteiger partial charge in [0.15, 0.2) is 23.0 Å². The molecule has 0 amide bonds. The van der Waals surface area contributed by atoms with Crippen molar-refractivity contribution in [3.05, 3.63) is 48.7 Å². The topological polar surface area (TPSA) is 59.0 Å². The number of hydrogen-bond acceptors (Lipinski definition) is 6. The Labute approximate surface area is 169 Å². The average Bonchev–Trinajstić information content (AvgIpc) is 3.18. The van der Waals surface area contributed by atoms with Crippen LogP contribution in [0.25, 0.3) is 22.0 Å². The van der Waals surface area contributed by atoms with Crippen molar-refractivity contribution in [3.8, 4) is 40.0 Å². The standard InChI is InChI=1S/C23H23NO5/c1-14(2)6-8-27-23-20(25-3)10-16(11-21(23)26-4)22-17-12-19-18(28-13-29-19)9-15(17)5-7-24-22/h5,7,9-12H,1,6,8,13H2,2-4H3. The van der Waals surface area contributed by atoms with Gasteiger partial charge in [0.05, 0.1) is 26.5 Å². The number of methoxy groups -OCH3 is 2. The zero-order chi connectivity index (χ0) is 20.4. The molecule has 0 aliphatic carbocycles. The van der Waals surface area contributed by atoms with Crippen molar-refractivity contribution in [2.75, 3.05) is 27.6 Å². The number of nitrogens with zero attached hydrogens (tertiary/aromatic N) is 1. The van der Waals surface area contributed by atoms with Crippen molar-refractivity contribution in [1.29, 1.82) is 0 Å². The minimum Gasteiger partial charge on any atom is -0.493 e. The van der Waals surface area contributed by atoms with Gasteiger partial charge in [-0.25, -0.2) is 0 Å². The highest BCUT2D eigenvalue weighted by Crippen LogP contribution is 2.44. The third kappa shape index (κ3) is 3.66. The van der Waals surface area contributed by atoms with E-state index in [2.05, 4.69) is 11.6 Å². The molecule has 2 heterocycles. The highest BCUT2D eigenvalue weighted by molar-refractivity contribution is 5.97. The Morgan fingerprint density at radius 1 is 1.07 bits per heavy atom. The third-order valence-electron chi connectivity index (χ3n) is 4.77. The van der Waals surface area contributed by atoms with Gasteiger partial charge in [0, 0.05) is 23.6 Å². The van der Waals surface area contributed by atoms with E-state index in [1.807, 2.05) is 37.3 Å². The van der Waals surface area contributed by atoms with Gasteiger partial charge < -0.3 is 23.7 Å². The van der Waals surface area contributed by atoms with Crippen molar-refractivity contribution in [1.82, 2.24) is 4.98 Å². The molecule has 4 rings (SSSR count). The van der Waals surface area contributed by atoms with E-state index in [9.17, 15) is 0 Å². The van der Waals surface area contributed by atoms with Gasteiger partial charge in [0.25, 0.3) is 0 Å². The average molecular weight is 393 g/mol. The van der Waals surface area contributed by atoms with Gasteiger partial charge in [-0.1, -0.05) is 5.57 Å². The van der Waals surface area contributed by atoms with E-state index < -0.39 is 0 Å². The molecule has 6 nitrogen and oxygen atoms in total. The number of ether oxygens (including phenoxy) is 5. The Bertz CT molecular complexity index is 1050. The van der Waals surface area contributed by atoms with E-state index in [1.54, 1.807) is 20.4 Å². The second-order valence-corrected chi connectivity index (χ2v) is 6.85. The Kier molecular flexibility index (Phi) is 5.16. The maximum absolute atomic E-state index is 5.93. The molecule has 0 radical (unpaired) electrons. The minimum atomic E-state index is 0.228. The number of fused-ring (bicyclic) bond motifs is 2. The fourth-order valence-electron chi connectivity index (χ4n) is 3.28. The molecule has 6 heteroatoms. The van der Waals surface area contributed by atoms with Crippen LogP contribution in [0.4, 0.5) is 0 Å². The zero-order valence-electron chi connectivity index (χ0n) is 16.8. The van der Waals surface area contributed by atoms with Gasteiger partial charge in [-0.15, -0.1) is 6.58 Å². The summed E-state index contributed by atoms with van der Waals surface area (Å²) in [7, 11) is 3.22.